The summed E-state index contributed by atoms with van der Waals surface area (Å²) >= 11 is 17.4. The summed E-state index contributed by atoms with van der Waals surface area (Å²) in [6.07, 6.45) is 0.387. The Labute approximate surface area is 119 Å². The van der Waals surface area contributed by atoms with Crippen LogP contribution < -0.4 is 5.32 Å². The quantitative estimate of drug-likeness (QED) is 0.749. The maximum Gasteiger partial charge on any atom is 0.256 e. The fraction of sp³-hybridized carbons (Fsp3) is 0.364. The van der Waals surface area contributed by atoms with Gasteiger partial charge < -0.3 is 15.5 Å². The van der Waals surface area contributed by atoms with Crippen LogP contribution in [0.4, 0.5) is 0 Å². The van der Waals surface area contributed by atoms with E-state index in [1.54, 1.807) is 6.92 Å². The molecule has 4 nitrogen and oxygen atoms in total. The number of aliphatic hydroxyl groups is 1. The number of hydrogen-bond donors (Lipinski definition) is 3. The molecule has 1 rings (SSSR count). The van der Waals surface area contributed by atoms with Crippen LogP contribution in [-0.4, -0.2) is 28.8 Å². The Balaban J connectivity index is 3.06. The Morgan fingerprint density at radius 1 is 1.39 bits per heavy atom. The molecular formula is C11H12Cl3NO3. The van der Waals surface area contributed by atoms with Crippen molar-refractivity contribution in [3.8, 4) is 5.75 Å². The minimum absolute atomic E-state index is 0.0515. The number of aromatic hydroxyl groups is 1. The smallest absolute Gasteiger partial charge is 0.256 e. The topological polar surface area (TPSA) is 69.6 Å². The van der Waals surface area contributed by atoms with E-state index in [0.717, 1.165) is 0 Å². The number of nitrogens with one attached hydrogen (secondary N) is 1. The van der Waals surface area contributed by atoms with Crippen LogP contribution in [0.5, 0.6) is 5.75 Å². The fourth-order valence-corrected chi connectivity index (χ4v) is 2.05. The molecule has 0 spiro atoms. The van der Waals surface area contributed by atoms with E-state index in [1.807, 2.05) is 0 Å². The lowest BCUT2D eigenvalue weighted by atomic mass is 10.1. The van der Waals surface area contributed by atoms with Crippen molar-refractivity contribution in [1.82, 2.24) is 5.32 Å². The lowest BCUT2D eigenvalue weighted by molar-refractivity contribution is 0.0932. The molecule has 0 aromatic heterocycles. The fourth-order valence-electron chi connectivity index (χ4n) is 1.35. The van der Waals surface area contributed by atoms with Crippen molar-refractivity contribution in [2.75, 3.05) is 6.61 Å². The maximum atomic E-state index is 11.9. The molecule has 1 unspecified atom stereocenters. The predicted octanol–water partition coefficient (Wildman–Crippen LogP) is 2.85. The molecule has 3 N–H and O–H groups in total. The second-order valence-corrected chi connectivity index (χ2v) is 4.96. The van der Waals surface area contributed by atoms with Gasteiger partial charge in [-0.3, -0.25) is 4.79 Å². The summed E-state index contributed by atoms with van der Waals surface area (Å²) in [5.41, 5.74) is -0.168. The molecule has 1 amide bonds. The summed E-state index contributed by atoms with van der Waals surface area (Å²) in [5.74, 6) is -1.01. The molecular weight excluding hydrogens is 300 g/mol. The molecule has 100 valence electrons. The molecule has 1 aromatic carbocycles. The minimum atomic E-state index is -0.595. The van der Waals surface area contributed by atoms with Crippen molar-refractivity contribution in [2.45, 2.75) is 19.4 Å². The SMILES string of the molecule is CC(CCO)NC(=O)c1c(O)c(Cl)cc(Cl)c1Cl. The van der Waals surface area contributed by atoms with Gasteiger partial charge in [0.1, 0.15) is 11.3 Å². The van der Waals surface area contributed by atoms with Gasteiger partial charge in [0.2, 0.25) is 0 Å². The second kappa shape index (κ2) is 6.48. The standard InChI is InChI=1S/C11H12Cl3NO3/c1-5(2-3-16)15-11(18)8-9(14)6(12)4-7(13)10(8)17/h4-5,16-17H,2-3H2,1H3,(H,15,18). The van der Waals surface area contributed by atoms with Gasteiger partial charge in [-0.1, -0.05) is 34.8 Å². The molecule has 18 heavy (non-hydrogen) atoms. The van der Waals surface area contributed by atoms with Crippen LogP contribution in [0.25, 0.3) is 0 Å². The van der Waals surface area contributed by atoms with Crippen molar-refractivity contribution in [1.29, 1.82) is 0 Å². The van der Waals surface area contributed by atoms with Crippen LogP contribution in [0.1, 0.15) is 23.7 Å². The number of phenols is 1. The van der Waals surface area contributed by atoms with E-state index in [4.69, 9.17) is 39.9 Å². The van der Waals surface area contributed by atoms with Gasteiger partial charge in [0.15, 0.2) is 0 Å². The van der Waals surface area contributed by atoms with Crippen molar-refractivity contribution < 1.29 is 15.0 Å². The van der Waals surface area contributed by atoms with E-state index in [1.165, 1.54) is 6.07 Å². The minimum Gasteiger partial charge on any atom is -0.505 e. The number of carbonyl (C=O) groups is 1. The van der Waals surface area contributed by atoms with Gasteiger partial charge in [-0.15, -0.1) is 0 Å². The van der Waals surface area contributed by atoms with Crippen LogP contribution in [0, 0.1) is 0 Å². The van der Waals surface area contributed by atoms with Gasteiger partial charge in [0, 0.05) is 12.6 Å². The number of rotatable bonds is 4. The lowest BCUT2D eigenvalue weighted by Gasteiger charge is -2.15. The van der Waals surface area contributed by atoms with Gasteiger partial charge in [-0.05, 0) is 19.4 Å². The van der Waals surface area contributed by atoms with E-state index in [0.29, 0.717) is 6.42 Å². The first-order chi connectivity index (χ1) is 8.38. The maximum absolute atomic E-state index is 11.9. The third-order valence-electron chi connectivity index (χ3n) is 2.31. The number of amides is 1. The molecule has 0 saturated carbocycles. The number of aliphatic hydroxyl groups excluding tert-OH is 1. The molecule has 0 heterocycles. The van der Waals surface area contributed by atoms with Gasteiger partial charge in [0.05, 0.1) is 15.1 Å². The summed E-state index contributed by atoms with van der Waals surface area (Å²) < 4.78 is 0. The van der Waals surface area contributed by atoms with Crippen molar-refractivity contribution in [2.24, 2.45) is 0 Å². The molecule has 0 aliphatic rings. The summed E-state index contributed by atoms with van der Waals surface area (Å²) in [6.45, 7) is 1.66. The molecule has 0 aliphatic heterocycles. The molecule has 0 fully saturated rings. The first-order valence-electron chi connectivity index (χ1n) is 5.16. The number of halogens is 3. The number of benzene rings is 1. The summed E-state index contributed by atoms with van der Waals surface area (Å²) in [6, 6.07) is 0.991. The Hall–Kier alpha value is -0.680. The third-order valence-corrected chi connectivity index (χ3v) is 3.39. The molecule has 0 radical (unpaired) electrons. The molecule has 0 bridgehead atoms. The Morgan fingerprint density at radius 2 is 2.00 bits per heavy atom. The van der Waals surface area contributed by atoms with E-state index >= 15 is 0 Å². The summed E-state index contributed by atoms with van der Waals surface area (Å²) in [7, 11) is 0. The zero-order valence-electron chi connectivity index (χ0n) is 9.51. The van der Waals surface area contributed by atoms with Crippen LogP contribution >= 0.6 is 34.8 Å². The van der Waals surface area contributed by atoms with Crippen molar-refractivity contribution in [3.63, 3.8) is 0 Å². The van der Waals surface area contributed by atoms with Gasteiger partial charge >= 0.3 is 0 Å². The average molecular weight is 313 g/mol. The van der Waals surface area contributed by atoms with Crippen LogP contribution in [0.15, 0.2) is 6.07 Å². The molecule has 0 saturated heterocycles. The van der Waals surface area contributed by atoms with Gasteiger partial charge in [-0.25, -0.2) is 0 Å². The third kappa shape index (κ3) is 3.42. The number of hydrogen-bond acceptors (Lipinski definition) is 3. The van der Waals surface area contributed by atoms with Crippen LogP contribution in [0.3, 0.4) is 0 Å². The van der Waals surface area contributed by atoms with Crippen molar-refractivity contribution >= 4 is 40.7 Å². The second-order valence-electron chi connectivity index (χ2n) is 3.76. The lowest BCUT2D eigenvalue weighted by Crippen LogP contribution is -2.33. The summed E-state index contributed by atoms with van der Waals surface area (Å²) in [5, 5.41) is 21.0. The Bertz CT molecular complexity index is 439. The highest BCUT2D eigenvalue weighted by Gasteiger charge is 2.22. The first-order valence-corrected chi connectivity index (χ1v) is 6.30. The normalized spacial score (nSPS) is 12.3. The number of phenolic OH excluding ortho intramolecular Hbond substituents is 1. The predicted molar refractivity (Wildman–Crippen MR) is 71.8 cm³/mol. The zero-order valence-corrected chi connectivity index (χ0v) is 11.8. The summed E-state index contributed by atoms with van der Waals surface area (Å²) in [4.78, 5) is 11.9. The largest absolute Gasteiger partial charge is 0.505 e. The van der Waals surface area contributed by atoms with Gasteiger partial charge in [-0.2, -0.15) is 0 Å². The van der Waals surface area contributed by atoms with Crippen LogP contribution in [0.2, 0.25) is 15.1 Å². The Kier molecular flexibility index (Phi) is 5.53. The first kappa shape index (κ1) is 15.4. The average Bonchev–Trinajstić information content (AvgIpc) is 2.27. The van der Waals surface area contributed by atoms with Crippen LogP contribution in [-0.2, 0) is 0 Å². The molecule has 1 aromatic rings. The van der Waals surface area contributed by atoms with E-state index < -0.39 is 11.7 Å². The highest BCUT2D eigenvalue weighted by atomic mass is 35.5. The number of carbonyl (C=O) groups excluding carboxylic acids is 1. The van der Waals surface area contributed by atoms with Crippen molar-refractivity contribution in [3.05, 3.63) is 26.7 Å². The highest BCUT2D eigenvalue weighted by molar-refractivity contribution is 6.45. The van der Waals surface area contributed by atoms with Gasteiger partial charge in [0.25, 0.3) is 5.91 Å². The van der Waals surface area contributed by atoms with E-state index in [9.17, 15) is 9.90 Å². The highest BCUT2D eigenvalue weighted by Crippen LogP contribution is 2.38. The monoisotopic (exact) mass is 311 g/mol. The zero-order chi connectivity index (χ0) is 13.9. The van der Waals surface area contributed by atoms with E-state index in [-0.39, 0.29) is 33.3 Å². The van der Waals surface area contributed by atoms with E-state index in [2.05, 4.69) is 5.32 Å². The molecule has 0 aliphatic carbocycles. The Morgan fingerprint density at radius 3 is 2.56 bits per heavy atom. The molecule has 7 heteroatoms. The molecule has 1 atom stereocenters.